The summed E-state index contributed by atoms with van der Waals surface area (Å²) in [4.78, 5) is 6.92. The van der Waals surface area contributed by atoms with Crippen molar-refractivity contribution in [2.75, 3.05) is 33.9 Å². The number of allylic oxidation sites excluding steroid dienone is 1. The molecule has 1 aromatic rings. The second-order valence-electron chi connectivity index (χ2n) is 8.76. The lowest BCUT2D eigenvalue weighted by Crippen LogP contribution is -2.64. The van der Waals surface area contributed by atoms with Gasteiger partial charge in [0.25, 0.3) is 0 Å². The van der Waals surface area contributed by atoms with Gasteiger partial charge in [-0.2, -0.15) is 0 Å². The van der Waals surface area contributed by atoms with Crippen LogP contribution in [-0.4, -0.2) is 50.6 Å². The van der Waals surface area contributed by atoms with Gasteiger partial charge in [0.05, 0.1) is 13.7 Å². The molecule has 3 aliphatic rings. The number of ether oxygens (including phenoxy) is 2. The summed E-state index contributed by atoms with van der Waals surface area (Å²) in [7, 11) is 3.42. The van der Waals surface area contributed by atoms with Crippen LogP contribution in [0.15, 0.2) is 35.0 Å². The van der Waals surface area contributed by atoms with Crippen LogP contribution >= 0.6 is 0 Å². The smallest absolute Gasteiger partial charge is 0.190 e. The molecule has 1 aromatic carbocycles. The van der Waals surface area contributed by atoms with E-state index in [-0.39, 0.29) is 0 Å². The number of benzene rings is 1. The molecule has 0 amide bonds. The van der Waals surface area contributed by atoms with Crippen molar-refractivity contribution in [3.05, 3.63) is 35.5 Å². The summed E-state index contributed by atoms with van der Waals surface area (Å²) in [5, 5.41) is 6.58. The first-order valence-corrected chi connectivity index (χ1v) is 11.1. The maximum Gasteiger partial charge on any atom is 0.190 e. The largest absolute Gasteiger partial charge is 0.493 e. The van der Waals surface area contributed by atoms with Gasteiger partial charge in [-0.1, -0.05) is 12.8 Å². The Balaban J connectivity index is 1.45. The van der Waals surface area contributed by atoms with E-state index in [4.69, 9.17) is 15.2 Å². The number of amidine groups is 1. The maximum absolute atomic E-state index is 6.66. The van der Waals surface area contributed by atoms with Crippen molar-refractivity contribution >= 4 is 5.84 Å². The second-order valence-corrected chi connectivity index (χ2v) is 8.76. The molecule has 0 radical (unpaired) electrons. The van der Waals surface area contributed by atoms with Crippen molar-refractivity contribution < 1.29 is 9.47 Å². The molecule has 1 aliphatic carbocycles. The summed E-state index contributed by atoms with van der Waals surface area (Å²) in [6.07, 6.45) is 8.62. The SMILES string of the molecule is CN=C1C=C(C)NC(N)(c2ccc(OC)c(OCC3CCN(C4CCCC4)C3)c2)N1. The van der Waals surface area contributed by atoms with Crippen molar-refractivity contribution in [3.8, 4) is 11.5 Å². The van der Waals surface area contributed by atoms with Gasteiger partial charge in [-0.05, 0) is 57.0 Å². The van der Waals surface area contributed by atoms with Gasteiger partial charge in [0.15, 0.2) is 17.3 Å². The summed E-state index contributed by atoms with van der Waals surface area (Å²) in [6.45, 7) is 5.00. The van der Waals surface area contributed by atoms with Crippen LogP contribution < -0.4 is 25.8 Å². The molecule has 4 rings (SSSR count). The van der Waals surface area contributed by atoms with Crippen molar-refractivity contribution in [3.63, 3.8) is 0 Å². The van der Waals surface area contributed by atoms with Crippen LogP contribution in [0.3, 0.4) is 0 Å². The fraction of sp³-hybridized carbons (Fsp3) is 0.609. The molecule has 1 saturated heterocycles. The van der Waals surface area contributed by atoms with Gasteiger partial charge in [0.1, 0.15) is 5.84 Å². The average molecular weight is 414 g/mol. The highest BCUT2D eigenvalue weighted by molar-refractivity contribution is 5.94. The topological polar surface area (TPSA) is 84.1 Å². The minimum absolute atomic E-state index is 0.556. The highest BCUT2D eigenvalue weighted by Crippen LogP contribution is 2.33. The molecule has 2 fully saturated rings. The summed E-state index contributed by atoms with van der Waals surface area (Å²) in [6, 6.07) is 6.63. The fourth-order valence-electron chi connectivity index (χ4n) is 4.93. The molecule has 30 heavy (non-hydrogen) atoms. The number of nitrogens with one attached hydrogen (secondary N) is 2. The first-order chi connectivity index (χ1) is 14.5. The molecular formula is C23H35N5O2. The molecule has 0 bridgehead atoms. The first-order valence-electron chi connectivity index (χ1n) is 11.1. The minimum atomic E-state index is -0.954. The highest BCUT2D eigenvalue weighted by atomic mass is 16.5. The van der Waals surface area contributed by atoms with E-state index in [0.29, 0.717) is 12.5 Å². The van der Waals surface area contributed by atoms with E-state index in [1.54, 1.807) is 14.2 Å². The average Bonchev–Trinajstić information content (AvgIpc) is 3.43. The van der Waals surface area contributed by atoms with Crippen molar-refractivity contribution in [1.82, 2.24) is 15.5 Å². The van der Waals surface area contributed by atoms with Crippen LogP contribution in [0.25, 0.3) is 0 Å². The number of rotatable bonds is 6. The van der Waals surface area contributed by atoms with Crippen molar-refractivity contribution in [2.24, 2.45) is 16.6 Å². The fourth-order valence-corrected chi connectivity index (χ4v) is 4.93. The third-order valence-electron chi connectivity index (χ3n) is 6.57. The number of likely N-dealkylation sites (tertiary alicyclic amines) is 1. The van der Waals surface area contributed by atoms with E-state index in [1.807, 2.05) is 31.2 Å². The van der Waals surface area contributed by atoms with Crippen LogP contribution in [-0.2, 0) is 5.79 Å². The Labute approximate surface area is 179 Å². The Morgan fingerprint density at radius 2 is 2.00 bits per heavy atom. The Bertz CT molecular complexity index is 818. The van der Waals surface area contributed by atoms with Crippen molar-refractivity contribution in [1.29, 1.82) is 0 Å². The minimum Gasteiger partial charge on any atom is -0.493 e. The summed E-state index contributed by atoms with van der Waals surface area (Å²) in [5.41, 5.74) is 8.48. The van der Waals surface area contributed by atoms with Crippen LogP contribution in [0.5, 0.6) is 11.5 Å². The predicted octanol–water partition coefficient (Wildman–Crippen LogP) is 2.53. The predicted molar refractivity (Wildman–Crippen MR) is 120 cm³/mol. The molecule has 1 saturated carbocycles. The van der Waals surface area contributed by atoms with Crippen molar-refractivity contribution in [2.45, 2.75) is 50.9 Å². The molecule has 4 N–H and O–H groups in total. The molecular weight excluding hydrogens is 378 g/mol. The lowest BCUT2D eigenvalue weighted by molar-refractivity contribution is 0.206. The van der Waals surface area contributed by atoms with E-state index in [9.17, 15) is 0 Å². The second kappa shape index (κ2) is 8.86. The van der Waals surface area contributed by atoms with Crippen LogP contribution in [0.2, 0.25) is 0 Å². The Hall–Kier alpha value is -2.25. The number of aliphatic imine (C=N–C) groups is 1. The van der Waals surface area contributed by atoms with Gasteiger partial charge in [0, 0.05) is 36.8 Å². The van der Waals surface area contributed by atoms with E-state index in [1.165, 1.54) is 38.6 Å². The third kappa shape index (κ3) is 4.42. The van der Waals surface area contributed by atoms with E-state index >= 15 is 0 Å². The molecule has 2 atom stereocenters. The number of hydrogen-bond donors (Lipinski definition) is 3. The summed E-state index contributed by atoms with van der Waals surface area (Å²) >= 11 is 0. The van der Waals surface area contributed by atoms with Gasteiger partial charge < -0.3 is 20.1 Å². The zero-order chi connectivity index (χ0) is 21.1. The lowest BCUT2D eigenvalue weighted by atomic mass is 10.0. The van der Waals surface area contributed by atoms with Gasteiger partial charge in [0.2, 0.25) is 0 Å². The molecule has 0 aromatic heterocycles. The molecule has 2 unspecified atom stereocenters. The Morgan fingerprint density at radius 3 is 2.73 bits per heavy atom. The zero-order valence-corrected chi connectivity index (χ0v) is 18.4. The molecule has 2 aliphatic heterocycles. The molecule has 7 heteroatoms. The van der Waals surface area contributed by atoms with Gasteiger partial charge in [-0.15, -0.1) is 0 Å². The summed E-state index contributed by atoms with van der Waals surface area (Å²) < 4.78 is 11.8. The number of methoxy groups -OCH3 is 1. The molecule has 7 nitrogen and oxygen atoms in total. The van der Waals surface area contributed by atoms with Crippen LogP contribution in [0, 0.1) is 5.92 Å². The normalized spacial score (nSPS) is 28.9. The van der Waals surface area contributed by atoms with Gasteiger partial charge in [-0.25, -0.2) is 0 Å². The maximum atomic E-state index is 6.66. The molecule has 0 spiro atoms. The Morgan fingerprint density at radius 1 is 1.20 bits per heavy atom. The first kappa shape index (κ1) is 21.0. The monoisotopic (exact) mass is 413 g/mol. The zero-order valence-electron chi connectivity index (χ0n) is 18.4. The van der Waals surface area contributed by atoms with E-state index in [2.05, 4.69) is 20.5 Å². The number of nitrogens with zero attached hydrogens (tertiary/aromatic N) is 2. The Kier molecular flexibility index (Phi) is 6.20. The molecule has 2 heterocycles. The summed E-state index contributed by atoms with van der Waals surface area (Å²) in [5.74, 6) is 1.79. The standard InChI is InChI=1S/C23H35N5O2/c1-16-12-22(25-2)27-23(24,26-16)18-8-9-20(29-3)21(13-18)30-15-17-10-11-28(14-17)19-6-4-5-7-19/h8-9,12-13,17,19,26H,4-7,10-11,14-15,24H2,1-3H3,(H,25,27). The van der Waals surface area contributed by atoms with Crippen LogP contribution in [0.1, 0.15) is 44.6 Å². The number of nitrogens with two attached hydrogens (primary N) is 1. The third-order valence-corrected chi connectivity index (χ3v) is 6.57. The lowest BCUT2D eigenvalue weighted by Gasteiger charge is -2.37. The highest BCUT2D eigenvalue weighted by Gasteiger charge is 2.33. The van der Waals surface area contributed by atoms with Gasteiger partial charge in [-0.3, -0.25) is 15.6 Å². The quantitative estimate of drug-likeness (QED) is 0.665. The van der Waals surface area contributed by atoms with E-state index in [0.717, 1.165) is 41.2 Å². The van der Waals surface area contributed by atoms with E-state index < -0.39 is 5.79 Å². The number of hydrogen-bond acceptors (Lipinski definition) is 6. The molecule has 164 valence electrons. The van der Waals surface area contributed by atoms with Gasteiger partial charge >= 0.3 is 0 Å². The van der Waals surface area contributed by atoms with Crippen LogP contribution in [0.4, 0.5) is 0 Å².